The molecule has 1 N–H and O–H groups in total. The van der Waals surface area contributed by atoms with Crippen LogP contribution < -0.4 is 15.1 Å². The zero-order valence-electron chi connectivity index (χ0n) is 21.9. The number of hydrogen-bond donors (Lipinski definition) is 1. The van der Waals surface area contributed by atoms with E-state index in [-0.39, 0.29) is 29.8 Å². The Kier molecular flexibility index (Phi) is 7.92. The van der Waals surface area contributed by atoms with Gasteiger partial charge in [-0.05, 0) is 66.9 Å². The van der Waals surface area contributed by atoms with Gasteiger partial charge in [0.05, 0.1) is 28.8 Å². The van der Waals surface area contributed by atoms with Crippen molar-refractivity contribution in [3.05, 3.63) is 95.5 Å². The highest BCUT2D eigenvalue weighted by molar-refractivity contribution is 9.10. The van der Waals surface area contributed by atoms with Gasteiger partial charge in [0, 0.05) is 25.8 Å². The van der Waals surface area contributed by atoms with Crippen LogP contribution in [0.2, 0.25) is 0 Å². The van der Waals surface area contributed by atoms with E-state index < -0.39 is 29.0 Å². The highest BCUT2D eigenvalue weighted by Crippen LogP contribution is 2.54. The molecule has 0 radical (unpaired) electrons. The summed E-state index contributed by atoms with van der Waals surface area (Å²) in [6.45, 7) is 1.70. The number of ether oxygens (including phenoxy) is 1. The number of aromatic nitrogens is 1. The summed E-state index contributed by atoms with van der Waals surface area (Å²) < 4.78 is 7.19. The second-order valence-electron chi connectivity index (χ2n) is 9.52. The number of nitrogens with one attached hydrogen (secondary N) is 1. The zero-order valence-corrected chi connectivity index (χ0v) is 26.0. The van der Waals surface area contributed by atoms with E-state index in [2.05, 4.69) is 21.2 Å². The maximum absolute atomic E-state index is 13.8. The summed E-state index contributed by atoms with van der Waals surface area (Å²) in [4.78, 5) is 68.3. The number of thiazole rings is 1. The number of carbonyl (C=O) groups excluding carboxylic acids is 4. The van der Waals surface area contributed by atoms with Gasteiger partial charge in [-0.2, -0.15) is 0 Å². The van der Waals surface area contributed by atoms with Crippen LogP contribution in [0.15, 0.2) is 80.3 Å². The quantitative estimate of drug-likeness (QED) is 0.206. The standard InChI is InChI=1S/C29H22BrN3O6S3/c1-2-39-28(37)15-5-9-17(10-6-15)31-20(34)14-32-27-24(42-29(32)38)21(19-4-3-13-40-19)22-23(41-27)26(36)33(25(22)35)18-11-7-16(30)8-12-18/h3-13,21-23H,2,14H2,1H3,(H,31,34)/t21-,22-,23+/m0/s1. The number of anilines is 2. The van der Waals surface area contributed by atoms with Crippen molar-refractivity contribution >= 4 is 85.4 Å². The summed E-state index contributed by atoms with van der Waals surface area (Å²) in [6, 6.07) is 17.1. The van der Waals surface area contributed by atoms with Gasteiger partial charge in [0.2, 0.25) is 17.7 Å². The van der Waals surface area contributed by atoms with Crippen molar-refractivity contribution in [2.24, 2.45) is 5.92 Å². The number of halogens is 1. The molecule has 2 aliphatic heterocycles. The second kappa shape index (κ2) is 11.6. The fourth-order valence-electron chi connectivity index (χ4n) is 5.12. The molecule has 0 spiro atoms. The number of hydrogen-bond acceptors (Lipinski definition) is 9. The number of nitrogens with zero attached hydrogens (tertiary/aromatic N) is 2. The predicted octanol–water partition coefficient (Wildman–Crippen LogP) is 5.35. The van der Waals surface area contributed by atoms with Crippen LogP contribution in [0.1, 0.15) is 33.0 Å². The van der Waals surface area contributed by atoms with E-state index in [1.165, 1.54) is 32.6 Å². The average Bonchev–Trinajstić information content (AvgIpc) is 3.67. The van der Waals surface area contributed by atoms with Gasteiger partial charge in [0.25, 0.3) is 0 Å². The van der Waals surface area contributed by atoms with Gasteiger partial charge >= 0.3 is 10.8 Å². The molecule has 0 unspecified atom stereocenters. The summed E-state index contributed by atoms with van der Waals surface area (Å²) in [6.07, 6.45) is 0. The largest absolute Gasteiger partial charge is 0.462 e. The Morgan fingerprint density at radius 3 is 2.40 bits per heavy atom. The van der Waals surface area contributed by atoms with Crippen LogP contribution in [0, 0.1) is 5.92 Å². The first-order valence-corrected chi connectivity index (χ1v) is 16.3. The van der Waals surface area contributed by atoms with E-state index in [1.807, 2.05) is 17.5 Å². The van der Waals surface area contributed by atoms with Crippen LogP contribution in [-0.2, 0) is 25.7 Å². The van der Waals surface area contributed by atoms with Crippen LogP contribution in [0.25, 0.3) is 0 Å². The molecule has 0 bridgehead atoms. The maximum Gasteiger partial charge on any atom is 0.338 e. The van der Waals surface area contributed by atoms with Crippen molar-refractivity contribution in [2.75, 3.05) is 16.8 Å². The smallest absolute Gasteiger partial charge is 0.338 e. The van der Waals surface area contributed by atoms with Gasteiger partial charge in [-0.15, -0.1) is 11.3 Å². The molecular formula is C29H22BrN3O6S3. The first-order chi connectivity index (χ1) is 20.3. The summed E-state index contributed by atoms with van der Waals surface area (Å²) in [5.41, 5.74) is 1.30. The van der Waals surface area contributed by atoms with E-state index in [0.29, 0.717) is 26.8 Å². The number of thioether (sulfide) groups is 1. The molecule has 6 rings (SSSR count). The third kappa shape index (κ3) is 5.14. The maximum atomic E-state index is 13.8. The first-order valence-electron chi connectivity index (χ1n) is 12.9. The molecule has 42 heavy (non-hydrogen) atoms. The lowest BCUT2D eigenvalue weighted by molar-refractivity contribution is -0.122. The number of rotatable bonds is 7. The van der Waals surface area contributed by atoms with Crippen molar-refractivity contribution in [2.45, 2.75) is 29.7 Å². The summed E-state index contributed by atoms with van der Waals surface area (Å²) >= 11 is 7.04. The van der Waals surface area contributed by atoms with Gasteiger partial charge in [-0.1, -0.05) is 45.1 Å². The summed E-state index contributed by atoms with van der Waals surface area (Å²) in [7, 11) is 0. The molecular weight excluding hydrogens is 662 g/mol. The third-order valence-corrected chi connectivity index (χ3v) is 11.1. The Labute approximate surface area is 260 Å². The summed E-state index contributed by atoms with van der Waals surface area (Å²) in [5.74, 6) is -2.72. The van der Waals surface area contributed by atoms with Crippen LogP contribution in [0.3, 0.4) is 0 Å². The molecule has 3 amide bonds. The van der Waals surface area contributed by atoms with Crippen LogP contribution in [0.5, 0.6) is 0 Å². The Balaban J connectivity index is 1.30. The van der Waals surface area contributed by atoms with E-state index >= 15 is 0 Å². The van der Waals surface area contributed by atoms with Crippen molar-refractivity contribution < 1.29 is 23.9 Å². The molecule has 1 saturated heterocycles. The van der Waals surface area contributed by atoms with Crippen molar-refractivity contribution in [3.63, 3.8) is 0 Å². The summed E-state index contributed by atoms with van der Waals surface area (Å²) in [5, 5.41) is 4.44. The second-order valence-corrected chi connectivity index (χ2v) is 13.5. The van der Waals surface area contributed by atoms with Gasteiger partial charge in [-0.25, -0.2) is 9.69 Å². The Bertz CT molecular complexity index is 1750. The Morgan fingerprint density at radius 2 is 1.74 bits per heavy atom. The number of esters is 1. The topological polar surface area (TPSA) is 115 Å². The minimum atomic E-state index is -0.750. The SMILES string of the molecule is CCOC(=O)c1ccc(NC(=O)Cn2c3c(sc2=O)[C@@H](c2cccs2)[C@@H]2C(=O)N(c4ccc(Br)cc4)C(=O)[C@@H]2S3)cc1. The van der Waals surface area contributed by atoms with Gasteiger partial charge < -0.3 is 10.1 Å². The van der Waals surface area contributed by atoms with Gasteiger partial charge in [-0.3, -0.25) is 23.7 Å². The molecule has 0 saturated carbocycles. The number of thiophene rings is 1. The molecule has 2 aromatic carbocycles. The predicted molar refractivity (Wildman–Crippen MR) is 166 cm³/mol. The molecule has 13 heteroatoms. The molecule has 9 nitrogen and oxygen atoms in total. The molecule has 3 atom stereocenters. The average molecular weight is 685 g/mol. The van der Waals surface area contributed by atoms with Crippen molar-refractivity contribution in [1.82, 2.24) is 4.57 Å². The lowest BCUT2D eigenvalue weighted by Crippen LogP contribution is -2.32. The normalized spacial score (nSPS) is 19.4. The first kappa shape index (κ1) is 28.6. The third-order valence-electron chi connectivity index (χ3n) is 6.97. The molecule has 4 heterocycles. The fourth-order valence-corrected chi connectivity index (χ4v) is 9.11. The number of amides is 3. The minimum absolute atomic E-state index is 0.256. The Morgan fingerprint density at radius 1 is 1.00 bits per heavy atom. The van der Waals surface area contributed by atoms with Gasteiger partial charge in [0.1, 0.15) is 11.8 Å². The lowest BCUT2D eigenvalue weighted by atomic mass is 9.87. The van der Waals surface area contributed by atoms with E-state index in [4.69, 9.17) is 4.74 Å². The van der Waals surface area contributed by atoms with Crippen LogP contribution in [0.4, 0.5) is 11.4 Å². The molecule has 4 aromatic rings. The monoisotopic (exact) mass is 683 g/mol. The molecule has 0 aliphatic carbocycles. The van der Waals surface area contributed by atoms with Gasteiger partial charge in [0.15, 0.2) is 0 Å². The number of carbonyl (C=O) groups is 4. The lowest BCUT2D eigenvalue weighted by Gasteiger charge is -2.29. The van der Waals surface area contributed by atoms with E-state index in [1.54, 1.807) is 55.5 Å². The Hall–Kier alpha value is -3.52. The highest BCUT2D eigenvalue weighted by Gasteiger charge is 2.57. The molecule has 214 valence electrons. The van der Waals surface area contributed by atoms with Crippen LogP contribution in [-0.4, -0.2) is 40.1 Å². The highest BCUT2D eigenvalue weighted by atomic mass is 79.9. The van der Waals surface area contributed by atoms with E-state index in [9.17, 15) is 24.0 Å². The van der Waals surface area contributed by atoms with Crippen LogP contribution >= 0.6 is 50.4 Å². The minimum Gasteiger partial charge on any atom is -0.462 e. The van der Waals surface area contributed by atoms with Crippen molar-refractivity contribution in [1.29, 1.82) is 0 Å². The number of benzene rings is 2. The molecule has 2 aliphatic rings. The fraction of sp³-hybridized carbons (Fsp3) is 0.207. The molecule has 1 fully saturated rings. The van der Waals surface area contributed by atoms with Crippen molar-refractivity contribution in [3.8, 4) is 0 Å². The molecule has 2 aromatic heterocycles. The van der Waals surface area contributed by atoms with E-state index in [0.717, 1.165) is 20.7 Å². The number of fused-ring (bicyclic) bond motifs is 2. The zero-order chi connectivity index (χ0) is 29.5. The number of imide groups is 1.